The molecular weight excluding hydrogens is 216 g/mol. The third-order valence-electron chi connectivity index (χ3n) is 2.47. The van der Waals surface area contributed by atoms with Crippen molar-refractivity contribution in [2.24, 2.45) is 11.7 Å². The lowest BCUT2D eigenvalue weighted by Crippen LogP contribution is -2.36. The molecule has 1 aromatic rings. The summed E-state index contributed by atoms with van der Waals surface area (Å²) in [5, 5.41) is 12.2. The number of benzene rings is 1. The van der Waals surface area contributed by atoms with Crippen molar-refractivity contribution in [2.75, 3.05) is 5.32 Å². The number of phenolic OH excluding ortho intramolecular Hbond substituents is 1. The highest BCUT2D eigenvalue weighted by Gasteiger charge is 2.16. The van der Waals surface area contributed by atoms with E-state index in [9.17, 15) is 9.90 Å². The summed E-state index contributed by atoms with van der Waals surface area (Å²) in [7, 11) is 0. The maximum absolute atomic E-state index is 11.8. The van der Waals surface area contributed by atoms with Gasteiger partial charge < -0.3 is 16.2 Å². The lowest BCUT2D eigenvalue weighted by atomic mass is 10.0. The molecule has 0 saturated carbocycles. The number of aryl methyl sites for hydroxylation is 1. The van der Waals surface area contributed by atoms with Gasteiger partial charge in [0.05, 0.1) is 11.7 Å². The van der Waals surface area contributed by atoms with E-state index >= 15 is 0 Å². The summed E-state index contributed by atoms with van der Waals surface area (Å²) >= 11 is 0. The number of anilines is 1. The van der Waals surface area contributed by atoms with Crippen LogP contribution in [-0.4, -0.2) is 17.1 Å². The van der Waals surface area contributed by atoms with Crippen molar-refractivity contribution in [3.8, 4) is 5.75 Å². The number of amides is 1. The Morgan fingerprint density at radius 3 is 2.71 bits per heavy atom. The number of carbonyl (C=O) groups is 1. The molecule has 94 valence electrons. The minimum absolute atomic E-state index is 0.0562. The van der Waals surface area contributed by atoms with Gasteiger partial charge in [-0.2, -0.15) is 0 Å². The first-order valence-electron chi connectivity index (χ1n) is 5.76. The van der Waals surface area contributed by atoms with Gasteiger partial charge in [0.1, 0.15) is 5.75 Å². The van der Waals surface area contributed by atoms with Gasteiger partial charge in [-0.3, -0.25) is 4.79 Å². The Morgan fingerprint density at radius 1 is 1.47 bits per heavy atom. The Bertz CT molecular complexity index is 402. The second kappa shape index (κ2) is 5.68. The molecule has 0 saturated heterocycles. The molecule has 4 nitrogen and oxygen atoms in total. The van der Waals surface area contributed by atoms with Gasteiger partial charge in [0.25, 0.3) is 0 Å². The van der Waals surface area contributed by atoms with Crippen LogP contribution >= 0.6 is 0 Å². The molecule has 0 unspecified atom stereocenters. The predicted molar refractivity (Wildman–Crippen MR) is 68.9 cm³/mol. The summed E-state index contributed by atoms with van der Waals surface area (Å²) in [6, 6.07) is 4.50. The number of nitrogens with one attached hydrogen (secondary N) is 1. The summed E-state index contributed by atoms with van der Waals surface area (Å²) in [4.78, 5) is 11.8. The van der Waals surface area contributed by atoms with E-state index in [1.54, 1.807) is 18.2 Å². The fraction of sp³-hybridized carbons (Fsp3) is 0.462. The lowest BCUT2D eigenvalue weighted by Gasteiger charge is -2.15. The molecule has 0 bridgehead atoms. The number of nitrogens with two attached hydrogens (primary N) is 1. The standard InChI is InChI=1S/C13H20N2O2/c1-8(2)6-10(14)13(17)15-11-7-9(3)4-5-12(11)16/h4-5,7-8,10,16H,6,14H2,1-3H3,(H,15,17)/t10-/m0/s1. The zero-order chi connectivity index (χ0) is 13.0. The minimum atomic E-state index is -0.546. The van der Waals surface area contributed by atoms with Crippen LogP contribution in [-0.2, 0) is 4.79 Å². The topological polar surface area (TPSA) is 75.3 Å². The Balaban J connectivity index is 2.70. The van der Waals surface area contributed by atoms with Gasteiger partial charge in [-0.15, -0.1) is 0 Å². The summed E-state index contributed by atoms with van der Waals surface area (Å²) in [6.07, 6.45) is 0.623. The maximum atomic E-state index is 11.8. The number of aromatic hydroxyl groups is 1. The molecule has 1 atom stereocenters. The van der Waals surface area contributed by atoms with Crippen LogP contribution in [0.5, 0.6) is 5.75 Å². The molecular formula is C13H20N2O2. The third-order valence-corrected chi connectivity index (χ3v) is 2.47. The molecule has 1 rings (SSSR count). The van der Waals surface area contributed by atoms with E-state index in [1.807, 2.05) is 20.8 Å². The smallest absolute Gasteiger partial charge is 0.241 e. The van der Waals surface area contributed by atoms with Crippen molar-refractivity contribution < 1.29 is 9.90 Å². The maximum Gasteiger partial charge on any atom is 0.241 e. The number of hydrogen-bond acceptors (Lipinski definition) is 3. The molecule has 0 aliphatic carbocycles. The molecule has 0 heterocycles. The quantitative estimate of drug-likeness (QED) is 0.700. The Kier molecular flexibility index (Phi) is 4.52. The van der Waals surface area contributed by atoms with E-state index in [0.717, 1.165) is 5.56 Å². The highest BCUT2D eigenvalue weighted by Crippen LogP contribution is 2.24. The minimum Gasteiger partial charge on any atom is -0.506 e. The Labute approximate surface area is 102 Å². The first-order chi connectivity index (χ1) is 7.90. The Morgan fingerprint density at radius 2 is 2.12 bits per heavy atom. The van der Waals surface area contributed by atoms with Crippen LogP contribution in [0.1, 0.15) is 25.8 Å². The van der Waals surface area contributed by atoms with Crippen LogP contribution in [0.2, 0.25) is 0 Å². The molecule has 0 aliphatic heterocycles. The van der Waals surface area contributed by atoms with E-state index in [0.29, 0.717) is 18.0 Å². The third kappa shape index (κ3) is 4.07. The molecule has 17 heavy (non-hydrogen) atoms. The number of rotatable bonds is 4. The molecule has 0 aromatic heterocycles. The van der Waals surface area contributed by atoms with Crippen molar-refractivity contribution in [2.45, 2.75) is 33.2 Å². The summed E-state index contributed by atoms with van der Waals surface area (Å²) in [6.45, 7) is 5.91. The van der Waals surface area contributed by atoms with Gasteiger partial charge in [0.15, 0.2) is 0 Å². The summed E-state index contributed by atoms with van der Waals surface area (Å²) < 4.78 is 0. The van der Waals surface area contributed by atoms with E-state index in [2.05, 4.69) is 5.32 Å². The average molecular weight is 236 g/mol. The van der Waals surface area contributed by atoms with Gasteiger partial charge in [0.2, 0.25) is 5.91 Å². The van der Waals surface area contributed by atoms with E-state index in [-0.39, 0.29) is 11.7 Å². The van der Waals surface area contributed by atoms with Crippen LogP contribution in [0.15, 0.2) is 18.2 Å². The fourth-order valence-electron chi connectivity index (χ4n) is 1.59. The largest absolute Gasteiger partial charge is 0.506 e. The van der Waals surface area contributed by atoms with Crippen molar-refractivity contribution in [1.29, 1.82) is 0 Å². The lowest BCUT2D eigenvalue weighted by molar-refractivity contribution is -0.117. The van der Waals surface area contributed by atoms with Gasteiger partial charge in [-0.05, 0) is 37.0 Å². The first kappa shape index (κ1) is 13.5. The zero-order valence-corrected chi connectivity index (χ0v) is 10.5. The molecule has 0 aliphatic rings. The van der Waals surface area contributed by atoms with E-state index in [4.69, 9.17) is 5.73 Å². The van der Waals surface area contributed by atoms with Crippen LogP contribution in [0, 0.1) is 12.8 Å². The molecule has 4 heteroatoms. The number of hydrogen-bond donors (Lipinski definition) is 3. The predicted octanol–water partition coefficient (Wildman–Crippen LogP) is 2.01. The summed E-state index contributed by atoms with van der Waals surface area (Å²) in [5.74, 6) is 0.155. The van der Waals surface area contributed by atoms with Crippen LogP contribution in [0.3, 0.4) is 0 Å². The van der Waals surface area contributed by atoms with Crippen molar-refractivity contribution in [1.82, 2.24) is 0 Å². The zero-order valence-electron chi connectivity index (χ0n) is 10.5. The molecule has 0 spiro atoms. The molecule has 1 aromatic carbocycles. The van der Waals surface area contributed by atoms with E-state index < -0.39 is 6.04 Å². The molecule has 0 radical (unpaired) electrons. The van der Waals surface area contributed by atoms with Crippen molar-refractivity contribution >= 4 is 11.6 Å². The van der Waals surface area contributed by atoms with Crippen LogP contribution in [0.4, 0.5) is 5.69 Å². The molecule has 1 amide bonds. The normalized spacial score (nSPS) is 12.5. The monoisotopic (exact) mass is 236 g/mol. The number of carbonyl (C=O) groups excluding carboxylic acids is 1. The summed E-state index contributed by atoms with van der Waals surface area (Å²) in [5.41, 5.74) is 7.14. The van der Waals surface area contributed by atoms with Gasteiger partial charge in [-0.1, -0.05) is 19.9 Å². The van der Waals surface area contributed by atoms with E-state index in [1.165, 1.54) is 0 Å². The highest BCUT2D eigenvalue weighted by molar-refractivity contribution is 5.95. The number of phenols is 1. The second-order valence-electron chi connectivity index (χ2n) is 4.75. The molecule has 4 N–H and O–H groups in total. The van der Waals surface area contributed by atoms with Crippen molar-refractivity contribution in [3.05, 3.63) is 23.8 Å². The van der Waals surface area contributed by atoms with Crippen molar-refractivity contribution in [3.63, 3.8) is 0 Å². The van der Waals surface area contributed by atoms with Crippen LogP contribution in [0.25, 0.3) is 0 Å². The van der Waals surface area contributed by atoms with Gasteiger partial charge in [-0.25, -0.2) is 0 Å². The molecule has 0 fully saturated rings. The SMILES string of the molecule is Cc1ccc(O)c(NC(=O)[C@@H](N)CC(C)C)c1. The average Bonchev–Trinajstić information content (AvgIpc) is 2.22. The van der Waals surface area contributed by atoms with Gasteiger partial charge >= 0.3 is 0 Å². The van der Waals surface area contributed by atoms with Crippen LogP contribution < -0.4 is 11.1 Å². The second-order valence-corrected chi connectivity index (χ2v) is 4.75. The Hall–Kier alpha value is -1.55. The fourth-order valence-corrected chi connectivity index (χ4v) is 1.59. The van der Waals surface area contributed by atoms with Gasteiger partial charge in [0, 0.05) is 0 Å². The first-order valence-corrected chi connectivity index (χ1v) is 5.76. The highest BCUT2D eigenvalue weighted by atomic mass is 16.3.